The van der Waals surface area contributed by atoms with Crippen LogP contribution in [0.3, 0.4) is 0 Å². The second kappa shape index (κ2) is 54.4. The van der Waals surface area contributed by atoms with Gasteiger partial charge in [-0.1, -0.05) is 304 Å². The Balaban J connectivity index is 4.28. The van der Waals surface area contributed by atoms with E-state index in [1.165, 1.54) is 238 Å². The molecule has 66 heavy (non-hydrogen) atoms. The third-order valence-corrected chi connectivity index (χ3v) is 13.8. The number of ether oxygens (including phenoxy) is 3. The van der Waals surface area contributed by atoms with E-state index in [4.69, 9.17) is 14.2 Å². The first kappa shape index (κ1) is 64.4. The SMILES string of the molecule is CCCCCCCCCCCCCCCCCCCCC(=O)OC[C@H](COC(=O)CCCCCCCCCCCCCCCCC)OC(=O)CCCCCCCCCCCCCCC(C)C. The van der Waals surface area contributed by atoms with E-state index in [1.54, 1.807) is 0 Å². The maximum absolute atomic E-state index is 12.9. The third kappa shape index (κ3) is 53.4. The molecule has 0 aliphatic rings. The predicted molar refractivity (Wildman–Crippen MR) is 284 cm³/mol. The molecular weight excluding hydrogens is 817 g/mol. The first-order valence-corrected chi connectivity index (χ1v) is 29.9. The predicted octanol–water partition coefficient (Wildman–Crippen LogP) is 19.8. The molecule has 6 heteroatoms. The summed E-state index contributed by atoms with van der Waals surface area (Å²) in [6, 6.07) is 0. The lowest BCUT2D eigenvalue weighted by Gasteiger charge is -2.18. The van der Waals surface area contributed by atoms with Crippen LogP contribution in [-0.4, -0.2) is 37.2 Å². The monoisotopic (exact) mass is 933 g/mol. The number of esters is 3. The van der Waals surface area contributed by atoms with Crippen molar-refractivity contribution in [2.24, 2.45) is 5.92 Å². The van der Waals surface area contributed by atoms with Gasteiger partial charge in [0, 0.05) is 19.3 Å². The van der Waals surface area contributed by atoms with Crippen LogP contribution in [0.5, 0.6) is 0 Å². The summed E-state index contributed by atoms with van der Waals surface area (Å²) in [7, 11) is 0. The molecule has 0 saturated carbocycles. The minimum atomic E-state index is -0.762. The number of carbonyl (C=O) groups excluding carboxylic acids is 3. The van der Waals surface area contributed by atoms with Gasteiger partial charge < -0.3 is 14.2 Å². The molecule has 0 aliphatic heterocycles. The minimum absolute atomic E-state index is 0.0617. The lowest BCUT2D eigenvalue weighted by Crippen LogP contribution is -2.30. The van der Waals surface area contributed by atoms with Gasteiger partial charge in [0.2, 0.25) is 0 Å². The van der Waals surface area contributed by atoms with Gasteiger partial charge in [0.15, 0.2) is 6.10 Å². The lowest BCUT2D eigenvalue weighted by atomic mass is 10.0. The number of unbranched alkanes of at least 4 members (excludes halogenated alkanes) is 42. The summed E-state index contributed by atoms with van der Waals surface area (Å²) in [6.45, 7) is 9.07. The summed E-state index contributed by atoms with van der Waals surface area (Å²) in [4.78, 5) is 38.2. The van der Waals surface area contributed by atoms with Crippen LogP contribution < -0.4 is 0 Å². The smallest absolute Gasteiger partial charge is 0.306 e. The van der Waals surface area contributed by atoms with Crippen LogP contribution in [0, 0.1) is 5.92 Å². The number of rotatable bonds is 55. The van der Waals surface area contributed by atoms with Crippen molar-refractivity contribution in [2.75, 3.05) is 13.2 Å². The fourth-order valence-corrected chi connectivity index (χ4v) is 9.28. The number of carbonyl (C=O) groups is 3. The molecule has 0 aromatic carbocycles. The maximum atomic E-state index is 12.9. The Morgan fingerprint density at radius 1 is 0.288 bits per heavy atom. The Morgan fingerprint density at radius 3 is 0.742 bits per heavy atom. The van der Waals surface area contributed by atoms with Gasteiger partial charge in [-0.2, -0.15) is 0 Å². The zero-order valence-corrected chi connectivity index (χ0v) is 45.2. The molecule has 0 radical (unpaired) electrons. The van der Waals surface area contributed by atoms with E-state index in [0.29, 0.717) is 19.3 Å². The summed E-state index contributed by atoms with van der Waals surface area (Å²) in [5.74, 6) is -0.000909. The van der Waals surface area contributed by atoms with Crippen LogP contribution in [0.1, 0.15) is 342 Å². The second-order valence-electron chi connectivity index (χ2n) is 21.1. The summed E-state index contributed by atoms with van der Waals surface area (Å²) < 4.78 is 16.9. The second-order valence-corrected chi connectivity index (χ2v) is 21.1. The van der Waals surface area contributed by atoms with Crippen LogP contribution >= 0.6 is 0 Å². The largest absolute Gasteiger partial charge is 0.462 e. The van der Waals surface area contributed by atoms with Crippen LogP contribution in [0.2, 0.25) is 0 Å². The Morgan fingerprint density at radius 2 is 0.500 bits per heavy atom. The molecule has 0 aromatic rings. The molecule has 0 spiro atoms. The van der Waals surface area contributed by atoms with Crippen LogP contribution in [0.15, 0.2) is 0 Å². The highest BCUT2D eigenvalue weighted by atomic mass is 16.6. The standard InChI is InChI=1S/C60H116O6/c1-5-7-9-11-13-15-17-19-21-22-23-25-27-32-36-40-44-48-52-59(62)65-55-57(66-60(63)53-49-45-41-37-33-29-28-30-34-38-42-46-50-56(3)4)54-64-58(61)51-47-43-39-35-31-26-24-20-18-16-14-12-10-8-6-2/h56-57H,5-55H2,1-4H3/t57-/m0/s1. The van der Waals surface area contributed by atoms with Crippen molar-refractivity contribution in [1.82, 2.24) is 0 Å². The highest BCUT2D eigenvalue weighted by Crippen LogP contribution is 2.18. The summed E-state index contributed by atoms with van der Waals surface area (Å²) in [5, 5.41) is 0. The fraction of sp³-hybridized carbons (Fsp3) is 0.950. The molecule has 392 valence electrons. The quantitative estimate of drug-likeness (QED) is 0.0343. The molecule has 6 nitrogen and oxygen atoms in total. The highest BCUT2D eigenvalue weighted by Gasteiger charge is 2.19. The van der Waals surface area contributed by atoms with Gasteiger partial charge in [0.05, 0.1) is 0 Å². The van der Waals surface area contributed by atoms with Gasteiger partial charge in [0.25, 0.3) is 0 Å². The third-order valence-electron chi connectivity index (χ3n) is 13.8. The fourth-order valence-electron chi connectivity index (χ4n) is 9.28. The molecule has 0 bridgehead atoms. The van der Waals surface area contributed by atoms with Crippen LogP contribution in [0.4, 0.5) is 0 Å². The average Bonchev–Trinajstić information content (AvgIpc) is 3.30. The van der Waals surface area contributed by atoms with Gasteiger partial charge >= 0.3 is 17.9 Å². The van der Waals surface area contributed by atoms with E-state index in [0.717, 1.165) is 63.7 Å². The Labute approximate surface area is 412 Å². The molecule has 0 fully saturated rings. The molecule has 0 unspecified atom stereocenters. The number of hydrogen-bond acceptors (Lipinski definition) is 6. The van der Waals surface area contributed by atoms with E-state index >= 15 is 0 Å². The molecule has 0 amide bonds. The van der Waals surface area contributed by atoms with Crippen molar-refractivity contribution in [2.45, 2.75) is 348 Å². The molecule has 0 aliphatic carbocycles. The van der Waals surface area contributed by atoms with Crippen molar-refractivity contribution < 1.29 is 28.6 Å². The van der Waals surface area contributed by atoms with Crippen molar-refractivity contribution in [3.8, 4) is 0 Å². The summed E-state index contributed by atoms with van der Waals surface area (Å²) >= 11 is 0. The first-order chi connectivity index (χ1) is 32.4. The van der Waals surface area contributed by atoms with Crippen molar-refractivity contribution >= 4 is 17.9 Å². The molecule has 0 N–H and O–H groups in total. The van der Waals surface area contributed by atoms with E-state index in [-0.39, 0.29) is 31.1 Å². The van der Waals surface area contributed by atoms with E-state index < -0.39 is 6.10 Å². The van der Waals surface area contributed by atoms with E-state index in [9.17, 15) is 14.4 Å². The summed E-state index contributed by atoms with van der Waals surface area (Å²) in [5.41, 5.74) is 0. The van der Waals surface area contributed by atoms with Gasteiger partial charge in [-0.3, -0.25) is 14.4 Å². The molecule has 0 aromatic heterocycles. The molecule has 0 heterocycles. The van der Waals surface area contributed by atoms with E-state index in [2.05, 4.69) is 27.7 Å². The van der Waals surface area contributed by atoms with Crippen LogP contribution in [-0.2, 0) is 28.6 Å². The van der Waals surface area contributed by atoms with Gasteiger partial charge in [-0.25, -0.2) is 0 Å². The highest BCUT2D eigenvalue weighted by molar-refractivity contribution is 5.71. The summed E-state index contributed by atoms with van der Waals surface area (Å²) in [6.07, 6.45) is 59.5. The normalized spacial score (nSPS) is 12.0. The van der Waals surface area contributed by atoms with Crippen molar-refractivity contribution in [1.29, 1.82) is 0 Å². The Bertz CT molecular complexity index is 996. The minimum Gasteiger partial charge on any atom is -0.462 e. The lowest BCUT2D eigenvalue weighted by molar-refractivity contribution is -0.167. The molecule has 0 saturated heterocycles. The Hall–Kier alpha value is -1.59. The van der Waals surface area contributed by atoms with Crippen LogP contribution in [0.25, 0.3) is 0 Å². The molecular formula is C60H116O6. The van der Waals surface area contributed by atoms with Gasteiger partial charge in [-0.15, -0.1) is 0 Å². The zero-order valence-electron chi connectivity index (χ0n) is 45.2. The molecule has 0 rings (SSSR count). The Kier molecular flexibility index (Phi) is 53.0. The average molecular weight is 934 g/mol. The van der Waals surface area contributed by atoms with Crippen molar-refractivity contribution in [3.63, 3.8) is 0 Å². The van der Waals surface area contributed by atoms with Crippen molar-refractivity contribution in [3.05, 3.63) is 0 Å². The van der Waals surface area contributed by atoms with Gasteiger partial charge in [0.1, 0.15) is 13.2 Å². The number of hydrogen-bond donors (Lipinski definition) is 0. The topological polar surface area (TPSA) is 78.9 Å². The maximum Gasteiger partial charge on any atom is 0.306 e. The van der Waals surface area contributed by atoms with E-state index in [1.807, 2.05) is 0 Å². The zero-order chi connectivity index (χ0) is 48.1. The first-order valence-electron chi connectivity index (χ1n) is 29.9. The molecule has 1 atom stereocenters. The van der Waals surface area contributed by atoms with Gasteiger partial charge in [-0.05, 0) is 25.2 Å².